The van der Waals surface area contributed by atoms with Gasteiger partial charge in [0, 0.05) is 12.6 Å². The lowest BCUT2D eigenvalue weighted by molar-refractivity contribution is 0.171. The molecule has 1 N–H and O–H groups in total. The van der Waals surface area contributed by atoms with Crippen molar-refractivity contribution in [3.8, 4) is 17.2 Å². The quantitative estimate of drug-likeness (QED) is 0.770. The van der Waals surface area contributed by atoms with Crippen LogP contribution in [-0.2, 0) is 6.54 Å². The Labute approximate surface area is 155 Å². The van der Waals surface area contributed by atoms with Crippen LogP contribution in [0.1, 0.15) is 24.1 Å². The van der Waals surface area contributed by atoms with Crippen LogP contribution < -0.4 is 19.5 Å². The molecule has 6 heteroatoms. The molecule has 1 unspecified atom stereocenters. The number of methoxy groups -OCH3 is 1. The standard InChI is InChI=1S/C18H19BrClNO3/c1-11(13-3-4-16(22-2)14(19)9-13)21-10-12-7-15(20)18-17(8-12)23-5-6-24-18/h3-4,7-9,11,21H,5-6,10H2,1-2H3. The van der Waals surface area contributed by atoms with Crippen molar-refractivity contribution in [3.63, 3.8) is 0 Å². The minimum absolute atomic E-state index is 0.180. The summed E-state index contributed by atoms with van der Waals surface area (Å²) in [6, 6.07) is 10.1. The molecule has 0 aliphatic carbocycles. The molecule has 1 aliphatic heterocycles. The number of hydrogen-bond acceptors (Lipinski definition) is 4. The van der Waals surface area contributed by atoms with Gasteiger partial charge in [-0.15, -0.1) is 0 Å². The van der Waals surface area contributed by atoms with Gasteiger partial charge in [-0.25, -0.2) is 0 Å². The second-order valence-electron chi connectivity index (χ2n) is 5.60. The summed E-state index contributed by atoms with van der Waals surface area (Å²) in [5.74, 6) is 2.17. The molecule has 0 amide bonds. The van der Waals surface area contributed by atoms with E-state index in [0.29, 0.717) is 36.3 Å². The lowest BCUT2D eigenvalue weighted by atomic mass is 10.1. The minimum Gasteiger partial charge on any atom is -0.496 e. The first-order chi connectivity index (χ1) is 11.6. The number of ether oxygens (including phenoxy) is 3. The number of hydrogen-bond donors (Lipinski definition) is 1. The topological polar surface area (TPSA) is 39.7 Å². The van der Waals surface area contributed by atoms with Gasteiger partial charge in [-0.3, -0.25) is 0 Å². The Morgan fingerprint density at radius 3 is 2.79 bits per heavy atom. The van der Waals surface area contributed by atoms with Gasteiger partial charge in [-0.2, -0.15) is 0 Å². The van der Waals surface area contributed by atoms with E-state index in [9.17, 15) is 0 Å². The van der Waals surface area contributed by atoms with E-state index in [-0.39, 0.29) is 6.04 Å². The highest BCUT2D eigenvalue weighted by Crippen LogP contribution is 2.38. The molecule has 4 nitrogen and oxygen atoms in total. The monoisotopic (exact) mass is 411 g/mol. The summed E-state index contributed by atoms with van der Waals surface area (Å²) in [5, 5.41) is 4.08. The summed E-state index contributed by atoms with van der Waals surface area (Å²) in [7, 11) is 1.66. The molecule has 3 rings (SSSR count). The van der Waals surface area contributed by atoms with Crippen LogP contribution in [0, 0.1) is 0 Å². The third kappa shape index (κ3) is 3.79. The van der Waals surface area contributed by atoms with Crippen LogP contribution in [0.25, 0.3) is 0 Å². The molecule has 1 heterocycles. The molecular formula is C18H19BrClNO3. The largest absolute Gasteiger partial charge is 0.496 e. The molecule has 1 aliphatic rings. The van der Waals surface area contributed by atoms with Crippen LogP contribution in [-0.4, -0.2) is 20.3 Å². The van der Waals surface area contributed by atoms with Gasteiger partial charge in [-0.1, -0.05) is 17.7 Å². The summed E-state index contributed by atoms with van der Waals surface area (Å²) in [4.78, 5) is 0. The maximum atomic E-state index is 6.28. The number of fused-ring (bicyclic) bond motifs is 1. The molecule has 0 aromatic heterocycles. The van der Waals surface area contributed by atoms with Crippen molar-refractivity contribution in [1.29, 1.82) is 0 Å². The van der Waals surface area contributed by atoms with E-state index in [1.165, 1.54) is 5.56 Å². The SMILES string of the molecule is COc1ccc(C(C)NCc2cc(Cl)c3c(c2)OCCO3)cc1Br. The van der Waals surface area contributed by atoms with Crippen LogP contribution in [0.4, 0.5) is 0 Å². The molecule has 128 valence electrons. The zero-order valence-corrected chi connectivity index (χ0v) is 15.9. The molecule has 24 heavy (non-hydrogen) atoms. The molecule has 0 saturated carbocycles. The molecule has 0 radical (unpaired) electrons. The smallest absolute Gasteiger partial charge is 0.179 e. The van der Waals surface area contributed by atoms with Crippen molar-refractivity contribution in [1.82, 2.24) is 5.32 Å². The fraction of sp³-hybridized carbons (Fsp3) is 0.333. The second-order valence-corrected chi connectivity index (χ2v) is 6.86. The molecule has 1 atom stereocenters. The third-order valence-corrected chi connectivity index (χ3v) is 4.85. The van der Waals surface area contributed by atoms with E-state index < -0.39 is 0 Å². The summed E-state index contributed by atoms with van der Waals surface area (Å²) in [5.41, 5.74) is 2.23. The van der Waals surface area contributed by atoms with Crippen molar-refractivity contribution in [2.75, 3.05) is 20.3 Å². The summed E-state index contributed by atoms with van der Waals surface area (Å²) < 4.78 is 17.4. The zero-order chi connectivity index (χ0) is 17.1. The highest BCUT2D eigenvalue weighted by Gasteiger charge is 2.17. The Morgan fingerprint density at radius 1 is 1.25 bits per heavy atom. The molecule has 0 saturated heterocycles. The molecule has 2 aromatic carbocycles. The Hall–Kier alpha value is -1.43. The zero-order valence-electron chi connectivity index (χ0n) is 13.6. The van der Waals surface area contributed by atoms with Gasteiger partial charge in [-0.05, 0) is 58.2 Å². The fourth-order valence-electron chi connectivity index (χ4n) is 2.61. The molecule has 0 spiro atoms. The van der Waals surface area contributed by atoms with E-state index in [0.717, 1.165) is 15.8 Å². The first kappa shape index (κ1) is 17.4. The van der Waals surface area contributed by atoms with Gasteiger partial charge >= 0.3 is 0 Å². The summed E-state index contributed by atoms with van der Waals surface area (Å²) in [6.07, 6.45) is 0. The van der Waals surface area contributed by atoms with Crippen LogP contribution in [0.5, 0.6) is 17.2 Å². The number of halogens is 2. The van der Waals surface area contributed by atoms with Gasteiger partial charge in [0.15, 0.2) is 11.5 Å². The minimum atomic E-state index is 0.180. The van der Waals surface area contributed by atoms with Crippen LogP contribution in [0.15, 0.2) is 34.8 Å². The predicted octanol–water partition coefficient (Wildman–Crippen LogP) is 4.73. The van der Waals surface area contributed by atoms with E-state index in [2.05, 4.69) is 40.3 Å². The van der Waals surface area contributed by atoms with Crippen LogP contribution in [0.2, 0.25) is 5.02 Å². The van der Waals surface area contributed by atoms with Gasteiger partial charge in [0.2, 0.25) is 0 Å². The molecule has 0 bridgehead atoms. The molecule has 2 aromatic rings. The van der Waals surface area contributed by atoms with E-state index in [4.69, 9.17) is 25.8 Å². The lowest BCUT2D eigenvalue weighted by Crippen LogP contribution is -2.19. The van der Waals surface area contributed by atoms with Crippen molar-refractivity contribution in [2.45, 2.75) is 19.5 Å². The summed E-state index contributed by atoms with van der Waals surface area (Å²) >= 11 is 9.80. The number of rotatable bonds is 5. The van der Waals surface area contributed by atoms with Gasteiger partial charge in [0.1, 0.15) is 19.0 Å². The number of nitrogens with one attached hydrogen (secondary N) is 1. The van der Waals surface area contributed by atoms with Gasteiger partial charge < -0.3 is 19.5 Å². The van der Waals surface area contributed by atoms with Crippen LogP contribution in [0.3, 0.4) is 0 Å². The number of benzene rings is 2. The fourth-order valence-corrected chi connectivity index (χ4v) is 3.45. The average molecular weight is 413 g/mol. The Morgan fingerprint density at radius 2 is 2.04 bits per heavy atom. The highest BCUT2D eigenvalue weighted by atomic mass is 79.9. The maximum Gasteiger partial charge on any atom is 0.179 e. The Balaban J connectivity index is 1.69. The Kier molecular flexibility index (Phi) is 5.54. The Bertz CT molecular complexity index is 738. The molecule has 0 fully saturated rings. The van der Waals surface area contributed by atoms with E-state index in [1.807, 2.05) is 18.2 Å². The van der Waals surface area contributed by atoms with Gasteiger partial charge in [0.25, 0.3) is 0 Å². The van der Waals surface area contributed by atoms with Crippen LogP contribution >= 0.6 is 27.5 Å². The predicted molar refractivity (Wildman–Crippen MR) is 98.4 cm³/mol. The first-order valence-electron chi connectivity index (χ1n) is 7.73. The lowest BCUT2D eigenvalue weighted by Gasteiger charge is -2.21. The first-order valence-corrected chi connectivity index (χ1v) is 8.90. The van der Waals surface area contributed by atoms with E-state index >= 15 is 0 Å². The average Bonchev–Trinajstić information content (AvgIpc) is 2.59. The normalized spacial score (nSPS) is 14.3. The third-order valence-electron chi connectivity index (χ3n) is 3.94. The highest BCUT2D eigenvalue weighted by molar-refractivity contribution is 9.10. The summed E-state index contributed by atoms with van der Waals surface area (Å²) in [6.45, 7) is 3.89. The maximum absolute atomic E-state index is 6.28. The van der Waals surface area contributed by atoms with Gasteiger partial charge in [0.05, 0.1) is 16.6 Å². The second kappa shape index (κ2) is 7.64. The van der Waals surface area contributed by atoms with Crippen molar-refractivity contribution in [3.05, 3.63) is 51.0 Å². The van der Waals surface area contributed by atoms with E-state index in [1.54, 1.807) is 7.11 Å². The van der Waals surface area contributed by atoms with Crippen molar-refractivity contribution < 1.29 is 14.2 Å². The van der Waals surface area contributed by atoms with Crippen molar-refractivity contribution in [2.24, 2.45) is 0 Å². The van der Waals surface area contributed by atoms with Crippen molar-refractivity contribution >= 4 is 27.5 Å². The molecular weight excluding hydrogens is 394 g/mol.